The van der Waals surface area contributed by atoms with E-state index in [0.717, 1.165) is 11.1 Å². The fraction of sp³-hybridized carbons (Fsp3) is 0.509. The van der Waals surface area contributed by atoms with Gasteiger partial charge in [-0.05, 0) is 110 Å². The molecule has 2 aromatic rings. The smallest absolute Gasteiger partial charge is 0.343 e. The van der Waals surface area contributed by atoms with E-state index in [0.29, 0.717) is 35.3 Å². The first kappa shape index (κ1) is 52.2. The minimum Gasteiger partial charge on any atom is -0.482 e. The lowest BCUT2D eigenvalue weighted by molar-refractivity contribution is -0.277. The van der Waals surface area contributed by atoms with Gasteiger partial charge in [0, 0.05) is 40.9 Å². The number of fused-ring (bicyclic) bond motifs is 5. The lowest BCUT2D eigenvalue weighted by Crippen LogP contribution is -2.79. The van der Waals surface area contributed by atoms with Gasteiger partial charge in [0.2, 0.25) is 6.29 Å². The Bertz CT molecular complexity index is 2770. The summed E-state index contributed by atoms with van der Waals surface area (Å²) in [7, 11) is 1.24. The molecule has 4 fully saturated rings. The molecule has 3 saturated carbocycles. The maximum absolute atomic E-state index is 15.2. The van der Waals surface area contributed by atoms with E-state index in [-0.39, 0.29) is 70.7 Å². The minimum atomic E-state index is -2.32. The Balaban J connectivity index is 1.36. The van der Waals surface area contributed by atoms with Gasteiger partial charge in [0.05, 0.1) is 42.2 Å². The van der Waals surface area contributed by atoms with Gasteiger partial charge in [-0.1, -0.05) is 43.2 Å². The van der Waals surface area contributed by atoms with Crippen LogP contribution in [0.1, 0.15) is 108 Å². The summed E-state index contributed by atoms with van der Waals surface area (Å²) in [6.07, 6.45) is 3.10. The summed E-state index contributed by atoms with van der Waals surface area (Å²) >= 11 is 0. The second-order valence-corrected chi connectivity index (χ2v) is 20.8. The van der Waals surface area contributed by atoms with Crippen molar-refractivity contribution in [2.24, 2.45) is 40.3 Å². The number of nitriles is 1. The molecule has 3 aliphatic carbocycles. The first-order valence-electron chi connectivity index (χ1n) is 24.4. The quantitative estimate of drug-likeness (QED) is 0.0583. The zero-order valence-corrected chi connectivity index (χ0v) is 42.1. The number of hydrogen-bond acceptors (Lipinski definition) is 17. The van der Waals surface area contributed by atoms with Gasteiger partial charge in [-0.15, -0.1) is 0 Å². The minimum absolute atomic E-state index is 0.0166. The number of carbonyl (C=O) groups excluding carboxylic acids is 3. The fourth-order valence-corrected chi connectivity index (χ4v) is 11.3. The summed E-state index contributed by atoms with van der Waals surface area (Å²) in [6, 6.07) is 7.97. The monoisotopic (exact) mass is 991 g/mol. The number of ether oxygens (including phenoxy) is 6. The molecule has 12 atom stereocenters. The lowest BCUT2D eigenvalue weighted by atomic mass is 9.43. The number of methoxy groups -OCH3 is 1. The highest BCUT2D eigenvalue weighted by Gasteiger charge is 2.77. The highest BCUT2D eigenvalue weighted by molar-refractivity contribution is 6.05. The van der Waals surface area contributed by atoms with E-state index in [1.165, 1.54) is 44.4 Å². The van der Waals surface area contributed by atoms with Crippen LogP contribution in [0.25, 0.3) is 11.8 Å². The number of allylic oxidation sites excluding steroid dienone is 4. The Morgan fingerprint density at radius 2 is 1.69 bits per heavy atom. The average molecular weight is 992 g/mol. The van der Waals surface area contributed by atoms with Gasteiger partial charge in [0.25, 0.3) is 0 Å². The molecular weight excluding hydrogens is 927 g/mol. The number of esters is 2. The molecule has 1 spiro atoms. The van der Waals surface area contributed by atoms with E-state index in [1.807, 2.05) is 66.7 Å². The third-order valence-electron chi connectivity index (χ3n) is 15.1. The molecular formula is C55H65N3O14. The van der Waals surface area contributed by atoms with Gasteiger partial charge in [0.15, 0.2) is 22.7 Å². The van der Waals surface area contributed by atoms with E-state index in [2.05, 4.69) is 12.1 Å². The van der Waals surface area contributed by atoms with E-state index in [9.17, 15) is 40.4 Å². The van der Waals surface area contributed by atoms with Gasteiger partial charge < -0.3 is 59.7 Å². The third kappa shape index (κ3) is 8.65. The molecule has 17 heteroatoms. The largest absolute Gasteiger partial charge is 0.482 e. The van der Waals surface area contributed by atoms with Crippen molar-refractivity contribution in [2.45, 2.75) is 135 Å². The van der Waals surface area contributed by atoms with Gasteiger partial charge in [-0.3, -0.25) is 4.79 Å². The molecule has 7 unspecified atom stereocenters. The summed E-state index contributed by atoms with van der Waals surface area (Å²) in [5.41, 5.74) is 5.69. The molecule has 0 radical (unpaired) electrons. The summed E-state index contributed by atoms with van der Waals surface area (Å²) in [5, 5.41) is 65.2. The predicted octanol–water partition coefficient (Wildman–Crippen LogP) is 5.59. The van der Waals surface area contributed by atoms with Crippen LogP contribution in [0, 0.1) is 40.9 Å². The van der Waals surface area contributed by atoms with Crippen molar-refractivity contribution in [1.29, 1.82) is 5.26 Å². The normalized spacial score (nSPS) is 32.0. The number of amidine groups is 1. The van der Waals surface area contributed by atoms with Crippen molar-refractivity contribution in [3.8, 4) is 29.1 Å². The van der Waals surface area contributed by atoms with E-state index in [1.54, 1.807) is 0 Å². The topological polar surface area (TPSA) is 270 Å². The first-order valence-corrected chi connectivity index (χ1v) is 24.4. The molecule has 72 heavy (non-hydrogen) atoms. The average Bonchev–Trinajstić information content (AvgIpc) is 3.34. The van der Waals surface area contributed by atoms with Crippen molar-refractivity contribution in [2.75, 3.05) is 13.7 Å². The van der Waals surface area contributed by atoms with Crippen LogP contribution >= 0.6 is 0 Å². The Labute approximate surface area is 418 Å². The van der Waals surface area contributed by atoms with Crippen LogP contribution < -0.4 is 24.7 Å². The van der Waals surface area contributed by atoms with Crippen molar-refractivity contribution in [1.82, 2.24) is 0 Å². The second kappa shape index (κ2) is 19.7. The molecule has 4 aliphatic heterocycles. The maximum atomic E-state index is 15.2. The number of ketones is 1. The summed E-state index contributed by atoms with van der Waals surface area (Å²) in [6.45, 7) is 14.7. The van der Waals surface area contributed by atoms with Crippen molar-refractivity contribution in [3.05, 3.63) is 93.1 Å². The predicted molar refractivity (Wildman–Crippen MR) is 263 cm³/mol. The van der Waals surface area contributed by atoms with Crippen LogP contribution in [-0.4, -0.2) is 110 Å². The highest BCUT2D eigenvalue weighted by Crippen LogP contribution is 2.69. The molecule has 2 aromatic carbocycles. The molecule has 0 aromatic heterocycles. The van der Waals surface area contributed by atoms with Crippen LogP contribution in [0.15, 0.2) is 75.9 Å². The summed E-state index contributed by atoms with van der Waals surface area (Å²) < 4.78 is 37.5. The number of aliphatic hydroxyl groups excluding tert-OH is 4. The van der Waals surface area contributed by atoms with Crippen molar-refractivity contribution in [3.63, 3.8) is 0 Å². The molecule has 4 heterocycles. The number of Topliss-reactive ketones (excluding diaryl/α,β-unsaturated/α-hetero) is 1. The van der Waals surface area contributed by atoms with E-state index in [4.69, 9.17) is 39.1 Å². The molecule has 1 saturated heterocycles. The second-order valence-electron chi connectivity index (χ2n) is 20.8. The molecule has 2 bridgehead atoms. The SMILES string of the molecule is COC(=O)C(C)=CCC1(O)C(=O)C2CC(C(C)C)C13Oc1c(CC=C(C)C)c4c(c(OC(=O)c5ccc(O[C@@H]6O[C@H](CO)[C@@H](O)[C@H](O)[C@H]6O)cc5)c1C1=C3C2C(C#N)C(N)=N1)C=CC(C)(CCC=C(C)C)O4. The highest BCUT2D eigenvalue weighted by atomic mass is 16.7. The van der Waals surface area contributed by atoms with Crippen LogP contribution in [0.2, 0.25) is 0 Å². The number of aliphatic imine (C=N–C) groups is 1. The number of aliphatic hydroxyl groups is 5. The summed E-state index contributed by atoms with van der Waals surface area (Å²) in [4.78, 5) is 47.7. The summed E-state index contributed by atoms with van der Waals surface area (Å²) in [5.74, 6) is -5.23. The Hall–Kier alpha value is -6.13. The zero-order chi connectivity index (χ0) is 52.4. The van der Waals surface area contributed by atoms with Crippen molar-refractivity contribution >= 4 is 35.3 Å². The van der Waals surface area contributed by atoms with Gasteiger partial charge >= 0.3 is 11.9 Å². The fourth-order valence-electron chi connectivity index (χ4n) is 11.3. The van der Waals surface area contributed by atoms with Crippen molar-refractivity contribution < 1.29 is 68.3 Å². The molecule has 7 aliphatic rings. The standard InChI is InChI=1S/C55H65N3O14/c1-26(2)11-10-20-53(8)21-19-33-45(71-53)32(17-12-27(3)4)47-39(46(33)70-51(65)30-13-15-31(16-14-30)68-52-44(62)43(61)42(60)37(25-59)69-52)41-40-38(35(24-56)49(57)58-41)34-23-36(28(5)6)55(40,72-47)54(66,48(34)63)22-18-29(7)50(64)67-9/h11-16,18-19,21,28,34-38,42-44,52,59-62,66H,10,17,20,22-23,25H2,1-9H3,(H2,57,58)/t34?,35?,36?,37-,38?,42-,43+,44-,52-,53?,54?,55?/m1/s1. The zero-order valence-electron chi connectivity index (χ0n) is 42.1. The number of nitrogens with zero attached hydrogens (tertiary/aromatic N) is 2. The molecule has 7 N–H and O–H groups in total. The Kier molecular flexibility index (Phi) is 14.3. The number of benzene rings is 2. The van der Waals surface area contributed by atoms with Crippen LogP contribution in [0.5, 0.6) is 23.0 Å². The Morgan fingerprint density at radius 1 is 1.00 bits per heavy atom. The van der Waals surface area contributed by atoms with Crippen LogP contribution in [0.4, 0.5) is 0 Å². The number of carbonyl (C=O) groups is 3. The molecule has 17 nitrogen and oxygen atoms in total. The van der Waals surface area contributed by atoms with Gasteiger partial charge in [0.1, 0.15) is 59.0 Å². The maximum Gasteiger partial charge on any atom is 0.343 e. The number of nitrogens with two attached hydrogens (primary N) is 1. The number of rotatable bonds is 14. The lowest BCUT2D eigenvalue weighted by Gasteiger charge is -2.66. The molecule has 0 amide bonds. The van der Waals surface area contributed by atoms with E-state index < -0.39 is 95.5 Å². The molecule has 384 valence electrons. The third-order valence-corrected chi connectivity index (χ3v) is 15.1. The first-order chi connectivity index (χ1) is 34.1. The Morgan fingerprint density at radius 3 is 2.32 bits per heavy atom. The number of hydrogen-bond donors (Lipinski definition) is 6. The van der Waals surface area contributed by atoms with Gasteiger partial charge in [-0.25, -0.2) is 14.6 Å². The van der Waals surface area contributed by atoms with Gasteiger partial charge in [-0.2, -0.15) is 5.26 Å². The van der Waals surface area contributed by atoms with E-state index >= 15 is 4.79 Å². The molecule has 9 rings (SSSR count). The van der Waals surface area contributed by atoms with Crippen LogP contribution in [0.3, 0.4) is 0 Å². The van der Waals surface area contributed by atoms with Crippen LogP contribution in [-0.2, 0) is 25.5 Å².